The highest BCUT2D eigenvalue weighted by molar-refractivity contribution is 9.11. The summed E-state index contributed by atoms with van der Waals surface area (Å²) in [6.45, 7) is 2.26. The maximum Gasteiger partial charge on any atom is 0.175 e. The lowest BCUT2D eigenvalue weighted by atomic mass is 9.80. The molecule has 0 bridgehead atoms. The predicted octanol–water partition coefficient (Wildman–Crippen LogP) is 5.17. The van der Waals surface area contributed by atoms with Crippen molar-refractivity contribution in [2.45, 2.75) is 32.6 Å². The molecule has 0 spiro atoms. The Morgan fingerprint density at radius 3 is 2.56 bits per heavy atom. The summed E-state index contributed by atoms with van der Waals surface area (Å²) in [5.41, 5.74) is 0. The van der Waals surface area contributed by atoms with Crippen molar-refractivity contribution in [1.82, 2.24) is 0 Å². The molecule has 0 aliphatic heterocycles. The van der Waals surface area contributed by atoms with Gasteiger partial charge < -0.3 is 0 Å². The Labute approximate surface area is 113 Å². The molecular formula is C12H14BrClOS. The van der Waals surface area contributed by atoms with Gasteiger partial charge in [0.1, 0.15) is 0 Å². The van der Waals surface area contributed by atoms with Crippen LogP contribution in [0.3, 0.4) is 0 Å². The Hall–Kier alpha value is 0.140. The van der Waals surface area contributed by atoms with Gasteiger partial charge in [0, 0.05) is 5.92 Å². The van der Waals surface area contributed by atoms with Crippen LogP contribution in [0.5, 0.6) is 0 Å². The van der Waals surface area contributed by atoms with Crippen LogP contribution >= 0.6 is 38.9 Å². The Morgan fingerprint density at radius 1 is 1.44 bits per heavy atom. The molecule has 0 unspecified atom stereocenters. The summed E-state index contributed by atoms with van der Waals surface area (Å²) in [6, 6.07) is 1.79. The molecule has 16 heavy (non-hydrogen) atoms. The van der Waals surface area contributed by atoms with Crippen molar-refractivity contribution >= 4 is 44.7 Å². The fourth-order valence-electron chi connectivity index (χ4n) is 2.19. The Kier molecular flexibility index (Phi) is 4.09. The van der Waals surface area contributed by atoms with E-state index in [9.17, 15) is 4.79 Å². The third-order valence-electron chi connectivity index (χ3n) is 3.27. The first-order valence-electron chi connectivity index (χ1n) is 5.57. The fourth-order valence-corrected chi connectivity index (χ4v) is 3.91. The highest BCUT2D eigenvalue weighted by Crippen LogP contribution is 2.36. The summed E-state index contributed by atoms with van der Waals surface area (Å²) in [4.78, 5) is 13.0. The normalized spacial score (nSPS) is 25.7. The van der Waals surface area contributed by atoms with Crippen LogP contribution in [0, 0.1) is 11.8 Å². The highest BCUT2D eigenvalue weighted by atomic mass is 79.9. The maximum absolute atomic E-state index is 12.2. The summed E-state index contributed by atoms with van der Waals surface area (Å²) >= 11 is 10.8. The number of carbonyl (C=O) groups excluding carboxylic acids is 1. The van der Waals surface area contributed by atoms with E-state index in [2.05, 4.69) is 22.9 Å². The maximum atomic E-state index is 12.2. The summed E-state index contributed by atoms with van der Waals surface area (Å²) in [7, 11) is 0. The van der Waals surface area contributed by atoms with Gasteiger partial charge in [0.05, 0.1) is 13.7 Å². The molecule has 1 heterocycles. The van der Waals surface area contributed by atoms with Gasteiger partial charge in [0.25, 0.3) is 0 Å². The van der Waals surface area contributed by atoms with Crippen molar-refractivity contribution in [1.29, 1.82) is 0 Å². The zero-order valence-electron chi connectivity index (χ0n) is 9.13. The molecule has 1 aliphatic carbocycles. The van der Waals surface area contributed by atoms with Crippen molar-refractivity contribution < 1.29 is 4.79 Å². The van der Waals surface area contributed by atoms with Crippen molar-refractivity contribution in [2.75, 3.05) is 0 Å². The predicted molar refractivity (Wildman–Crippen MR) is 72.5 cm³/mol. The number of rotatable bonds is 2. The van der Waals surface area contributed by atoms with Gasteiger partial charge in [-0.05, 0) is 40.8 Å². The molecule has 0 amide bonds. The lowest BCUT2D eigenvalue weighted by Gasteiger charge is -2.24. The molecule has 0 radical (unpaired) electrons. The fraction of sp³-hybridized carbons (Fsp3) is 0.583. The van der Waals surface area contributed by atoms with Crippen LogP contribution in [0.25, 0.3) is 0 Å². The lowest BCUT2D eigenvalue weighted by molar-refractivity contribution is 0.0880. The van der Waals surface area contributed by atoms with Crippen LogP contribution in [-0.4, -0.2) is 5.78 Å². The van der Waals surface area contributed by atoms with E-state index < -0.39 is 0 Å². The Bertz CT molecular complexity index is 374. The first kappa shape index (κ1) is 12.6. The van der Waals surface area contributed by atoms with Crippen LogP contribution < -0.4 is 0 Å². The van der Waals surface area contributed by atoms with Crippen LogP contribution in [0.4, 0.5) is 0 Å². The molecule has 1 fully saturated rings. The van der Waals surface area contributed by atoms with Crippen LogP contribution in [0.2, 0.25) is 5.02 Å². The molecule has 2 rings (SSSR count). The van der Waals surface area contributed by atoms with Gasteiger partial charge in [-0.3, -0.25) is 4.79 Å². The number of ketones is 1. The smallest absolute Gasteiger partial charge is 0.175 e. The number of halogens is 2. The minimum Gasteiger partial charge on any atom is -0.293 e. The van der Waals surface area contributed by atoms with E-state index in [1.807, 2.05) is 0 Å². The summed E-state index contributed by atoms with van der Waals surface area (Å²) in [6.07, 6.45) is 4.42. The zero-order valence-corrected chi connectivity index (χ0v) is 12.3. The molecular weight excluding hydrogens is 308 g/mol. The molecule has 1 aliphatic rings. The molecule has 0 saturated heterocycles. The van der Waals surface area contributed by atoms with E-state index in [1.54, 1.807) is 6.07 Å². The van der Waals surface area contributed by atoms with Gasteiger partial charge >= 0.3 is 0 Å². The van der Waals surface area contributed by atoms with Crippen molar-refractivity contribution in [3.05, 3.63) is 19.8 Å². The van der Waals surface area contributed by atoms with E-state index in [4.69, 9.17) is 11.6 Å². The van der Waals surface area contributed by atoms with Gasteiger partial charge in [-0.15, -0.1) is 11.3 Å². The minimum atomic E-state index is 0.220. The van der Waals surface area contributed by atoms with Gasteiger partial charge in [-0.1, -0.05) is 31.4 Å². The van der Waals surface area contributed by atoms with Gasteiger partial charge in [-0.25, -0.2) is 0 Å². The van der Waals surface area contributed by atoms with Crippen molar-refractivity contribution in [3.63, 3.8) is 0 Å². The van der Waals surface area contributed by atoms with Crippen LogP contribution in [-0.2, 0) is 0 Å². The molecule has 1 aromatic heterocycles. The van der Waals surface area contributed by atoms with Gasteiger partial charge in [0.2, 0.25) is 0 Å². The highest BCUT2D eigenvalue weighted by Gasteiger charge is 2.26. The molecule has 0 aromatic carbocycles. The third-order valence-corrected chi connectivity index (χ3v) is 5.76. The summed E-state index contributed by atoms with van der Waals surface area (Å²) in [5, 5.41) is 0.650. The summed E-state index contributed by atoms with van der Waals surface area (Å²) < 4.78 is 0.863. The Balaban J connectivity index is 2.07. The van der Waals surface area contributed by atoms with E-state index >= 15 is 0 Å². The molecule has 1 aromatic rings. The third kappa shape index (κ3) is 2.69. The molecule has 0 atom stereocenters. The largest absolute Gasteiger partial charge is 0.293 e. The second kappa shape index (κ2) is 5.19. The second-order valence-electron chi connectivity index (χ2n) is 4.55. The minimum absolute atomic E-state index is 0.220. The number of hydrogen-bond acceptors (Lipinski definition) is 2. The number of thiophene rings is 1. The standard InChI is InChI=1S/C12H14BrClOS/c1-7-2-4-8(5-3-7)11(15)10-6-9(14)12(13)16-10/h6-8H,2-5H2,1H3. The van der Waals surface area contributed by atoms with Crippen LogP contribution in [0.1, 0.15) is 42.3 Å². The SMILES string of the molecule is CC1CCC(C(=O)c2cc(Cl)c(Br)s2)CC1. The van der Waals surface area contributed by atoms with E-state index in [0.29, 0.717) is 5.02 Å². The van der Waals surface area contributed by atoms with E-state index in [-0.39, 0.29) is 11.7 Å². The first-order chi connectivity index (χ1) is 7.58. The topological polar surface area (TPSA) is 17.1 Å². The zero-order chi connectivity index (χ0) is 11.7. The van der Waals surface area contributed by atoms with Gasteiger partial charge in [-0.2, -0.15) is 0 Å². The second-order valence-corrected chi connectivity index (χ2v) is 7.33. The monoisotopic (exact) mass is 320 g/mol. The molecule has 1 nitrogen and oxygen atoms in total. The molecule has 0 N–H and O–H groups in total. The molecule has 1 saturated carbocycles. The van der Waals surface area contributed by atoms with E-state index in [0.717, 1.165) is 27.4 Å². The average Bonchev–Trinajstić information content (AvgIpc) is 2.59. The number of hydrogen-bond donors (Lipinski definition) is 0. The van der Waals surface area contributed by atoms with E-state index in [1.165, 1.54) is 24.2 Å². The number of Topliss-reactive ketones (excluding diaryl/α,β-unsaturated/α-hetero) is 1. The Morgan fingerprint density at radius 2 is 2.06 bits per heavy atom. The number of carbonyl (C=O) groups is 1. The first-order valence-corrected chi connectivity index (χ1v) is 7.55. The van der Waals surface area contributed by atoms with Crippen LogP contribution in [0.15, 0.2) is 9.85 Å². The summed E-state index contributed by atoms with van der Waals surface area (Å²) in [5.74, 6) is 1.28. The van der Waals surface area contributed by atoms with Crippen molar-refractivity contribution in [2.24, 2.45) is 11.8 Å². The molecule has 4 heteroatoms. The average molecular weight is 322 g/mol. The lowest BCUT2D eigenvalue weighted by Crippen LogP contribution is -2.20. The van der Waals surface area contributed by atoms with Gasteiger partial charge in [0.15, 0.2) is 5.78 Å². The quantitative estimate of drug-likeness (QED) is 0.686. The molecule has 88 valence electrons. The van der Waals surface area contributed by atoms with Crippen molar-refractivity contribution in [3.8, 4) is 0 Å².